The molecule has 0 saturated heterocycles. The molecule has 1 aliphatic heterocycles. The highest BCUT2D eigenvalue weighted by Crippen LogP contribution is 2.43. The summed E-state index contributed by atoms with van der Waals surface area (Å²) in [5.41, 5.74) is 5.41. The minimum atomic E-state index is -0.380. The first-order chi connectivity index (χ1) is 19.7. The van der Waals surface area contributed by atoms with Crippen LogP contribution in [0.25, 0.3) is 37.4 Å². The van der Waals surface area contributed by atoms with Gasteiger partial charge in [0.2, 0.25) is 0 Å². The summed E-state index contributed by atoms with van der Waals surface area (Å²) >= 11 is 0. The van der Waals surface area contributed by atoms with E-state index in [1.165, 1.54) is 0 Å². The quantitative estimate of drug-likeness (QED) is 0.251. The Bertz CT molecular complexity index is 1960. The van der Waals surface area contributed by atoms with E-state index >= 15 is 0 Å². The van der Waals surface area contributed by atoms with E-state index in [1.807, 2.05) is 55.5 Å². The van der Waals surface area contributed by atoms with Gasteiger partial charge in [-0.1, -0.05) is 107 Å². The molecule has 1 atom stereocenters. The second-order valence-corrected chi connectivity index (χ2v) is 10.2. The van der Waals surface area contributed by atoms with Gasteiger partial charge >= 0.3 is 0 Å². The number of aromatic hydroxyl groups is 2. The van der Waals surface area contributed by atoms with Crippen molar-refractivity contribution < 1.29 is 14.9 Å². The first-order valence-corrected chi connectivity index (χ1v) is 13.3. The standard InChI is InChI=1S/C38H32O3.CH4/c1-24-11-18-32(39)22-27(4)36-34(19-12-24)41-35-20-13-25(2)21-26(3)33(40)23-28(5)37(35)38(36)31-16-14-30(15-17-31)29-9-7-6-8-10-29;/h6-23,38-40H,1-2,4-5H2,3H3;1H4. The van der Waals surface area contributed by atoms with Crippen LogP contribution in [0, 0.1) is 6.92 Å². The molecule has 3 nitrogen and oxygen atoms in total. The highest BCUT2D eigenvalue weighted by molar-refractivity contribution is 5.65. The predicted octanol–water partition coefficient (Wildman–Crippen LogP) is 6.89. The van der Waals surface area contributed by atoms with Crippen molar-refractivity contribution in [3.8, 4) is 34.1 Å². The molecule has 0 saturated carbocycles. The lowest BCUT2D eigenvalue weighted by atomic mass is 9.81. The maximum atomic E-state index is 10.9. The fourth-order valence-corrected chi connectivity index (χ4v) is 5.10. The lowest BCUT2D eigenvalue weighted by molar-refractivity contribution is 0.451. The summed E-state index contributed by atoms with van der Waals surface area (Å²) in [5.74, 6) is 0.921. The first kappa shape index (κ1) is 29.7. The molecule has 0 radical (unpaired) electrons. The molecule has 4 aromatic rings. The Kier molecular flexibility index (Phi) is 8.83. The molecule has 4 aromatic carbocycles. The van der Waals surface area contributed by atoms with Gasteiger partial charge in [0.15, 0.2) is 0 Å². The van der Waals surface area contributed by atoms with Crippen LogP contribution < -0.4 is 25.6 Å². The number of ether oxygens (including phenoxy) is 1. The summed E-state index contributed by atoms with van der Waals surface area (Å²) in [6.07, 6.45) is 0. The van der Waals surface area contributed by atoms with Gasteiger partial charge in [-0.3, -0.25) is 0 Å². The zero-order valence-electron chi connectivity index (χ0n) is 23.1. The van der Waals surface area contributed by atoms with Crippen LogP contribution in [-0.4, -0.2) is 10.2 Å². The van der Waals surface area contributed by atoms with Crippen LogP contribution in [0.3, 0.4) is 0 Å². The molecule has 1 aliphatic rings. The fraction of sp³-hybridized carbons (Fsp3) is 0.0769. The van der Waals surface area contributed by atoms with Gasteiger partial charge in [0, 0.05) is 17.0 Å². The Morgan fingerprint density at radius 2 is 1.14 bits per heavy atom. The van der Waals surface area contributed by atoms with Gasteiger partial charge in [0.25, 0.3) is 0 Å². The number of hydrogen-bond acceptors (Lipinski definition) is 3. The molecule has 2 N–H and O–H groups in total. The molecular formula is C39H36O3. The zero-order chi connectivity index (χ0) is 29.1. The summed E-state index contributed by atoms with van der Waals surface area (Å²) in [7, 11) is 0. The summed E-state index contributed by atoms with van der Waals surface area (Å²) in [6.45, 7) is 18.7. The predicted molar refractivity (Wildman–Crippen MR) is 176 cm³/mol. The highest BCUT2D eigenvalue weighted by atomic mass is 16.5. The van der Waals surface area contributed by atoms with Gasteiger partial charge < -0.3 is 14.9 Å². The molecule has 3 heteroatoms. The Balaban J connectivity index is 0.00000405. The summed E-state index contributed by atoms with van der Waals surface area (Å²) in [5, 5.41) is 24.1. The number of hydrogen-bond donors (Lipinski definition) is 2. The number of rotatable bonds is 2. The van der Waals surface area contributed by atoms with E-state index in [9.17, 15) is 10.2 Å². The van der Waals surface area contributed by atoms with Gasteiger partial charge in [0.05, 0.1) is 0 Å². The molecular weight excluding hydrogens is 516 g/mol. The van der Waals surface area contributed by atoms with Gasteiger partial charge in [0.1, 0.15) is 23.0 Å². The largest absolute Gasteiger partial charge is 0.508 e. The van der Waals surface area contributed by atoms with Crippen LogP contribution in [0.1, 0.15) is 35.6 Å². The summed E-state index contributed by atoms with van der Waals surface area (Å²) < 4.78 is 6.55. The lowest BCUT2D eigenvalue weighted by Crippen LogP contribution is -2.24. The Hall–Kier alpha value is -5.28. The SMILES string of the molecule is C.C=c1ccc(O)cc(=C)c2c(cc1)Oc1ccc(=C)cc(C)c(O)cc(=C)c1C2c1ccc(-c2ccccc2)cc1. The third kappa shape index (κ3) is 6.21. The smallest absolute Gasteiger partial charge is 0.132 e. The van der Waals surface area contributed by atoms with Crippen molar-refractivity contribution >= 4 is 26.3 Å². The zero-order valence-corrected chi connectivity index (χ0v) is 23.1. The van der Waals surface area contributed by atoms with Crippen molar-refractivity contribution in [1.29, 1.82) is 0 Å². The number of aryl methyl sites for hydroxylation is 1. The summed E-state index contributed by atoms with van der Waals surface area (Å²) in [4.78, 5) is 0. The third-order valence-corrected chi connectivity index (χ3v) is 7.18. The van der Waals surface area contributed by atoms with Crippen LogP contribution in [0.2, 0.25) is 0 Å². The van der Waals surface area contributed by atoms with E-state index in [4.69, 9.17) is 4.74 Å². The van der Waals surface area contributed by atoms with Crippen molar-refractivity contribution in [2.45, 2.75) is 20.3 Å². The average molecular weight is 553 g/mol. The Labute approximate surface area is 247 Å². The van der Waals surface area contributed by atoms with E-state index in [2.05, 4.69) is 62.7 Å². The van der Waals surface area contributed by atoms with E-state index in [-0.39, 0.29) is 24.8 Å². The number of fused-ring (bicyclic) bond motifs is 2. The van der Waals surface area contributed by atoms with Crippen LogP contribution in [0.15, 0.2) is 109 Å². The molecule has 1 unspecified atom stereocenters. The molecule has 0 aliphatic carbocycles. The minimum Gasteiger partial charge on any atom is -0.508 e. The van der Waals surface area contributed by atoms with Gasteiger partial charge in [-0.15, -0.1) is 0 Å². The van der Waals surface area contributed by atoms with Crippen LogP contribution >= 0.6 is 0 Å². The minimum absolute atomic E-state index is 0. The van der Waals surface area contributed by atoms with Crippen molar-refractivity contribution in [2.75, 3.05) is 0 Å². The molecule has 0 aromatic heterocycles. The molecule has 210 valence electrons. The van der Waals surface area contributed by atoms with Crippen molar-refractivity contribution in [3.63, 3.8) is 0 Å². The maximum Gasteiger partial charge on any atom is 0.132 e. The van der Waals surface area contributed by atoms with E-state index in [1.54, 1.807) is 24.3 Å². The molecule has 42 heavy (non-hydrogen) atoms. The second kappa shape index (κ2) is 12.5. The highest BCUT2D eigenvalue weighted by Gasteiger charge is 2.29. The second-order valence-electron chi connectivity index (χ2n) is 10.2. The van der Waals surface area contributed by atoms with Gasteiger partial charge in [-0.05, 0) is 86.5 Å². The van der Waals surface area contributed by atoms with E-state index in [0.29, 0.717) is 37.9 Å². The normalized spacial score (nSPS) is 12.7. The molecule has 0 bridgehead atoms. The Morgan fingerprint density at radius 3 is 1.79 bits per heavy atom. The molecule has 0 amide bonds. The average Bonchev–Trinajstić information content (AvgIpc) is 2.96. The third-order valence-electron chi connectivity index (χ3n) is 7.18. The van der Waals surface area contributed by atoms with Crippen LogP contribution in [-0.2, 0) is 0 Å². The van der Waals surface area contributed by atoms with Crippen LogP contribution in [0.5, 0.6) is 23.0 Å². The molecule has 1 heterocycles. The molecule has 5 rings (SSSR count). The van der Waals surface area contributed by atoms with Crippen LogP contribution in [0.4, 0.5) is 0 Å². The Morgan fingerprint density at radius 1 is 0.595 bits per heavy atom. The van der Waals surface area contributed by atoms with Gasteiger partial charge in [-0.2, -0.15) is 0 Å². The maximum absolute atomic E-state index is 10.9. The fourth-order valence-electron chi connectivity index (χ4n) is 5.10. The monoisotopic (exact) mass is 552 g/mol. The first-order valence-electron chi connectivity index (χ1n) is 13.3. The summed E-state index contributed by atoms with van der Waals surface area (Å²) in [6, 6.07) is 34.4. The van der Waals surface area contributed by atoms with Crippen molar-refractivity contribution in [1.82, 2.24) is 0 Å². The van der Waals surface area contributed by atoms with Gasteiger partial charge in [-0.25, -0.2) is 0 Å². The van der Waals surface area contributed by atoms with Crippen molar-refractivity contribution in [3.05, 3.63) is 152 Å². The topological polar surface area (TPSA) is 49.7 Å². The lowest BCUT2D eigenvalue weighted by Gasteiger charge is -2.28. The molecule has 0 fully saturated rings. The van der Waals surface area contributed by atoms with Crippen molar-refractivity contribution in [2.24, 2.45) is 0 Å². The number of benzene rings is 2. The van der Waals surface area contributed by atoms with E-state index in [0.717, 1.165) is 27.8 Å². The van der Waals surface area contributed by atoms with E-state index < -0.39 is 0 Å². The molecule has 0 spiro atoms.